The molecular weight excluding hydrogens is 254 g/mol. The molecule has 1 fully saturated rings. The summed E-state index contributed by atoms with van der Waals surface area (Å²) in [7, 11) is 1.66. The highest BCUT2D eigenvalue weighted by Gasteiger charge is 2.18. The molecule has 0 heterocycles. The SMILES string of the molecule is COc1cc(C2CCCC2)ccc1OCCNC(C)=O. The van der Waals surface area contributed by atoms with Crippen molar-refractivity contribution in [1.82, 2.24) is 5.32 Å². The van der Waals surface area contributed by atoms with Crippen LogP contribution in [0.3, 0.4) is 0 Å². The zero-order valence-electron chi connectivity index (χ0n) is 12.3. The second kappa shape index (κ2) is 7.17. The Morgan fingerprint density at radius 2 is 2.05 bits per heavy atom. The Bertz CT molecular complexity index is 453. The van der Waals surface area contributed by atoms with Crippen LogP contribution < -0.4 is 14.8 Å². The minimum absolute atomic E-state index is 0.0443. The summed E-state index contributed by atoms with van der Waals surface area (Å²) >= 11 is 0. The Labute approximate surface area is 120 Å². The fourth-order valence-electron chi connectivity index (χ4n) is 2.70. The van der Waals surface area contributed by atoms with Crippen molar-refractivity contribution < 1.29 is 14.3 Å². The normalized spacial score (nSPS) is 15.1. The molecule has 110 valence electrons. The third-order valence-electron chi connectivity index (χ3n) is 3.75. The summed E-state index contributed by atoms with van der Waals surface area (Å²) in [6.07, 6.45) is 5.18. The zero-order valence-corrected chi connectivity index (χ0v) is 12.3. The van der Waals surface area contributed by atoms with Gasteiger partial charge in [0.1, 0.15) is 6.61 Å². The van der Waals surface area contributed by atoms with Gasteiger partial charge in [0.2, 0.25) is 5.91 Å². The summed E-state index contributed by atoms with van der Waals surface area (Å²) in [5, 5.41) is 2.70. The number of ether oxygens (including phenoxy) is 2. The maximum Gasteiger partial charge on any atom is 0.216 e. The molecule has 1 amide bonds. The molecule has 1 aliphatic carbocycles. The quantitative estimate of drug-likeness (QED) is 0.813. The Morgan fingerprint density at radius 1 is 1.30 bits per heavy atom. The van der Waals surface area contributed by atoms with Crippen LogP contribution in [0.5, 0.6) is 11.5 Å². The number of carbonyl (C=O) groups is 1. The number of hydrogen-bond donors (Lipinski definition) is 1. The maximum atomic E-state index is 10.8. The molecule has 4 nitrogen and oxygen atoms in total. The van der Waals surface area contributed by atoms with Crippen molar-refractivity contribution in [1.29, 1.82) is 0 Å². The average Bonchev–Trinajstić information content (AvgIpc) is 2.97. The molecule has 1 N–H and O–H groups in total. The van der Waals surface area contributed by atoms with E-state index in [9.17, 15) is 4.79 Å². The van der Waals surface area contributed by atoms with Gasteiger partial charge in [0.15, 0.2) is 11.5 Å². The van der Waals surface area contributed by atoms with Gasteiger partial charge in [0.25, 0.3) is 0 Å². The maximum absolute atomic E-state index is 10.8. The van der Waals surface area contributed by atoms with E-state index in [2.05, 4.69) is 17.4 Å². The van der Waals surface area contributed by atoms with E-state index >= 15 is 0 Å². The van der Waals surface area contributed by atoms with Crippen LogP contribution in [0.2, 0.25) is 0 Å². The van der Waals surface area contributed by atoms with Crippen LogP contribution in [0.1, 0.15) is 44.1 Å². The van der Waals surface area contributed by atoms with Crippen LogP contribution in [0.15, 0.2) is 18.2 Å². The fraction of sp³-hybridized carbons (Fsp3) is 0.562. The Kier molecular flexibility index (Phi) is 5.27. The van der Waals surface area contributed by atoms with Crippen LogP contribution in [-0.4, -0.2) is 26.2 Å². The number of benzene rings is 1. The minimum atomic E-state index is -0.0443. The molecule has 0 atom stereocenters. The van der Waals surface area contributed by atoms with E-state index in [0.29, 0.717) is 19.1 Å². The van der Waals surface area contributed by atoms with Gasteiger partial charge >= 0.3 is 0 Å². The predicted octanol–water partition coefficient (Wildman–Crippen LogP) is 2.87. The summed E-state index contributed by atoms with van der Waals surface area (Å²) in [6.45, 7) is 2.44. The number of methoxy groups -OCH3 is 1. The summed E-state index contributed by atoms with van der Waals surface area (Å²) < 4.78 is 11.1. The molecule has 0 spiro atoms. The second-order valence-corrected chi connectivity index (χ2v) is 5.22. The van der Waals surface area contributed by atoms with Crippen molar-refractivity contribution >= 4 is 5.91 Å². The van der Waals surface area contributed by atoms with Crippen molar-refractivity contribution in [3.63, 3.8) is 0 Å². The van der Waals surface area contributed by atoms with Gasteiger partial charge in [-0.05, 0) is 36.5 Å². The van der Waals surface area contributed by atoms with Gasteiger partial charge in [0, 0.05) is 6.92 Å². The fourth-order valence-corrected chi connectivity index (χ4v) is 2.70. The first-order valence-corrected chi connectivity index (χ1v) is 7.26. The second-order valence-electron chi connectivity index (χ2n) is 5.22. The van der Waals surface area contributed by atoms with E-state index in [1.807, 2.05) is 6.07 Å². The third-order valence-corrected chi connectivity index (χ3v) is 3.75. The van der Waals surface area contributed by atoms with E-state index in [0.717, 1.165) is 11.5 Å². The molecule has 20 heavy (non-hydrogen) atoms. The highest BCUT2D eigenvalue weighted by molar-refractivity contribution is 5.72. The standard InChI is InChI=1S/C16H23NO3/c1-12(18)17-9-10-20-15-8-7-14(11-16(15)19-2)13-5-3-4-6-13/h7-8,11,13H,3-6,9-10H2,1-2H3,(H,17,18). The van der Waals surface area contributed by atoms with Crippen molar-refractivity contribution in [3.05, 3.63) is 23.8 Å². The van der Waals surface area contributed by atoms with Gasteiger partial charge in [0.05, 0.1) is 13.7 Å². The number of rotatable bonds is 6. The number of nitrogens with one attached hydrogen (secondary N) is 1. The number of amides is 1. The molecule has 0 aromatic heterocycles. The number of carbonyl (C=O) groups excluding carboxylic acids is 1. The highest BCUT2D eigenvalue weighted by atomic mass is 16.5. The van der Waals surface area contributed by atoms with Gasteiger partial charge in [-0.3, -0.25) is 4.79 Å². The van der Waals surface area contributed by atoms with E-state index in [-0.39, 0.29) is 5.91 Å². The lowest BCUT2D eigenvalue weighted by atomic mass is 9.97. The van der Waals surface area contributed by atoms with Gasteiger partial charge < -0.3 is 14.8 Å². The van der Waals surface area contributed by atoms with Crippen molar-refractivity contribution in [3.8, 4) is 11.5 Å². The van der Waals surface area contributed by atoms with Crippen LogP contribution in [0, 0.1) is 0 Å². The Hall–Kier alpha value is -1.71. The topological polar surface area (TPSA) is 47.6 Å². The summed E-state index contributed by atoms with van der Waals surface area (Å²) in [5.41, 5.74) is 1.34. The monoisotopic (exact) mass is 277 g/mol. The summed E-state index contributed by atoms with van der Waals surface area (Å²) in [4.78, 5) is 10.8. The average molecular weight is 277 g/mol. The molecule has 1 aromatic carbocycles. The van der Waals surface area contributed by atoms with Gasteiger partial charge in [-0.25, -0.2) is 0 Å². The zero-order chi connectivity index (χ0) is 14.4. The number of hydrogen-bond acceptors (Lipinski definition) is 3. The molecule has 0 bridgehead atoms. The lowest BCUT2D eigenvalue weighted by Crippen LogP contribution is -2.25. The van der Waals surface area contributed by atoms with Crippen LogP contribution >= 0.6 is 0 Å². The predicted molar refractivity (Wildman–Crippen MR) is 78.4 cm³/mol. The van der Waals surface area contributed by atoms with Crippen LogP contribution in [0.25, 0.3) is 0 Å². The molecule has 1 aromatic rings. The van der Waals surface area contributed by atoms with Crippen LogP contribution in [-0.2, 0) is 4.79 Å². The Morgan fingerprint density at radius 3 is 2.70 bits per heavy atom. The third kappa shape index (κ3) is 3.89. The van der Waals surface area contributed by atoms with Gasteiger partial charge in [-0.1, -0.05) is 18.9 Å². The van der Waals surface area contributed by atoms with Crippen molar-refractivity contribution in [2.75, 3.05) is 20.3 Å². The lowest BCUT2D eigenvalue weighted by molar-refractivity contribution is -0.119. The molecular formula is C16H23NO3. The Balaban J connectivity index is 1.96. The molecule has 0 unspecified atom stereocenters. The minimum Gasteiger partial charge on any atom is -0.493 e. The van der Waals surface area contributed by atoms with Crippen LogP contribution in [0.4, 0.5) is 0 Å². The van der Waals surface area contributed by atoms with Crippen molar-refractivity contribution in [2.24, 2.45) is 0 Å². The first-order valence-electron chi connectivity index (χ1n) is 7.26. The summed E-state index contributed by atoms with van der Waals surface area (Å²) in [5.74, 6) is 2.13. The van der Waals surface area contributed by atoms with E-state index in [1.54, 1.807) is 7.11 Å². The highest BCUT2D eigenvalue weighted by Crippen LogP contribution is 2.38. The first kappa shape index (κ1) is 14.7. The summed E-state index contributed by atoms with van der Waals surface area (Å²) in [6, 6.07) is 6.19. The van der Waals surface area contributed by atoms with E-state index in [4.69, 9.17) is 9.47 Å². The molecule has 0 saturated heterocycles. The van der Waals surface area contributed by atoms with E-state index in [1.165, 1.54) is 38.2 Å². The molecule has 0 radical (unpaired) electrons. The first-order chi connectivity index (χ1) is 9.70. The van der Waals surface area contributed by atoms with Gasteiger partial charge in [-0.15, -0.1) is 0 Å². The van der Waals surface area contributed by atoms with Gasteiger partial charge in [-0.2, -0.15) is 0 Å². The molecule has 1 aliphatic rings. The molecule has 2 rings (SSSR count). The molecule has 4 heteroatoms. The van der Waals surface area contributed by atoms with E-state index < -0.39 is 0 Å². The smallest absolute Gasteiger partial charge is 0.216 e. The molecule has 0 aliphatic heterocycles. The van der Waals surface area contributed by atoms with Crippen molar-refractivity contribution in [2.45, 2.75) is 38.5 Å². The lowest BCUT2D eigenvalue weighted by Gasteiger charge is -2.15. The molecule has 1 saturated carbocycles. The largest absolute Gasteiger partial charge is 0.493 e.